The zero-order valence-corrected chi connectivity index (χ0v) is 12.3. The highest BCUT2D eigenvalue weighted by molar-refractivity contribution is 4.91. The van der Waals surface area contributed by atoms with Gasteiger partial charge < -0.3 is 15.5 Å². The van der Waals surface area contributed by atoms with Crippen LogP contribution in [-0.4, -0.2) is 51.7 Å². The van der Waals surface area contributed by atoms with Gasteiger partial charge in [-0.1, -0.05) is 6.42 Å². The van der Waals surface area contributed by atoms with Gasteiger partial charge in [-0.05, 0) is 77.2 Å². The summed E-state index contributed by atoms with van der Waals surface area (Å²) in [6.45, 7) is 6.23. The predicted molar refractivity (Wildman–Crippen MR) is 77.9 cm³/mol. The summed E-state index contributed by atoms with van der Waals surface area (Å²) in [6.07, 6.45) is 8.44. The summed E-state index contributed by atoms with van der Waals surface area (Å²) in [5.74, 6) is 0.968. The van der Waals surface area contributed by atoms with Gasteiger partial charge in [0.25, 0.3) is 0 Å². The van der Waals surface area contributed by atoms with E-state index < -0.39 is 0 Å². The van der Waals surface area contributed by atoms with Gasteiger partial charge in [0, 0.05) is 13.1 Å². The summed E-state index contributed by atoms with van der Waals surface area (Å²) in [7, 11) is 4.32. The monoisotopic (exact) mass is 253 g/mol. The third-order valence-electron chi connectivity index (χ3n) is 5.03. The van der Waals surface area contributed by atoms with E-state index in [1.807, 2.05) is 0 Å². The van der Waals surface area contributed by atoms with Crippen molar-refractivity contribution in [3.8, 4) is 0 Å². The van der Waals surface area contributed by atoms with E-state index in [9.17, 15) is 0 Å². The van der Waals surface area contributed by atoms with Gasteiger partial charge in [0.1, 0.15) is 0 Å². The first kappa shape index (κ1) is 14.3. The highest BCUT2D eigenvalue weighted by Gasteiger charge is 2.35. The Hall–Kier alpha value is -0.120. The zero-order chi connectivity index (χ0) is 12.8. The van der Waals surface area contributed by atoms with Gasteiger partial charge in [0.15, 0.2) is 0 Å². The van der Waals surface area contributed by atoms with Crippen LogP contribution in [0.4, 0.5) is 0 Å². The SMILES string of the molecule is CNCC1(CNCCC2CCN(C)CC2)CCC1. The van der Waals surface area contributed by atoms with Crippen molar-refractivity contribution in [2.24, 2.45) is 11.3 Å². The molecule has 0 unspecified atom stereocenters. The molecule has 3 heteroatoms. The Kier molecular flexibility index (Phi) is 5.46. The second-order valence-corrected chi connectivity index (χ2v) is 6.60. The maximum Gasteiger partial charge on any atom is 0.00200 e. The number of nitrogens with zero attached hydrogens (tertiary/aromatic N) is 1. The summed E-state index contributed by atoms with van der Waals surface area (Å²) < 4.78 is 0. The van der Waals surface area contributed by atoms with Crippen LogP contribution in [0.1, 0.15) is 38.5 Å². The predicted octanol–water partition coefficient (Wildman–Crippen LogP) is 1.70. The van der Waals surface area contributed by atoms with Crippen molar-refractivity contribution in [1.29, 1.82) is 0 Å². The molecular formula is C15H31N3. The van der Waals surface area contributed by atoms with Crippen LogP contribution in [0.5, 0.6) is 0 Å². The molecule has 2 N–H and O–H groups in total. The molecule has 0 radical (unpaired) electrons. The van der Waals surface area contributed by atoms with Crippen molar-refractivity contribution in [1.82, 2.24) is 15.5 Å². The third-order valence-corrected chi connectivity index (χ3v) is 5.03. The highest BCUT2D eigenvalue weighted by Crippen LogP contribution is 2.39. The Morgan fingerprint density at radius 2 is 1.89 bits per heavy atom. The van der Waals surface area contributed by atoms with E-state index in [0.29, 0.717) is 5.41 Å². The first-order valence-corrected chi connectivity index (χ1v) is 7.78. The molecule has 0 aromatic heterocycles. The number of piperidine rings is 1. The Labute approximate surface area is 113 Å². The standard InChI is InChI=1S/C15H31N3/c1-16-12-15(7-3-8-15)13-17-9-4-14-5-10-18(2)11-6-14/h14,16-17H,3-13H2,1-2H3. The fourth-order valence-electron chi connectivity index (χ4n) is 3.48. The molecular weight excluding hydrogens is 222 g/mol. The van der Waals surface area contributed by atoms with Crippen LogP contribution in [0.2, 0.25) is 0 Å². The van der Waals surface area contributed by atoms with E-state index in [1.54, 1.807) is 0 Å². The Morgan fingerprint density at radius 3 is 2.44 bits per heavy atom. The molecule has 0 atom stereocenters. The molecule has 2 aliphatic rings. The molecule has 3 nitrogen and oxygen atoms in total. The van der Waals surface area contributed by atoms with E-state index in [0.717, 1.165) is 5.92 Å². The van der Waals surface area contributed by atoms with Crippen LogP contribution >= 0.6 is 0 Å². The fraction of sp³-hybridized carbons (Fsp3) is 1.00. The fourth-order valence-corrected chi connectivity index (χ4v) is 3.48. The molecule has 1 aliphatic carbocycles. The van der Waals surface area contributed by atoms with E-state index in [4.69, 9.17) is 0 Å². The summed E-state index contributed by atoms with van der Waals surface area (Å²) in [5, 5.41) is 7.08. The van der Waals surface area contributed by atoms with Gasteiger partial charge in [-0.15, -0.1) is 0 Å². The van der Waals surface area contributed by atoms with E-state index in [-0.39, 0.29) is 0 Å². The molecule has 0 amide bonds. The van der Waals surface area contributed by atoms with Crippen LogP contribution in [0.3, 0.4) is 0 Å². The Balaban J connectivity index is 1.55. The normalized spacial score (nSPS) is 25.0. The highest BCUT2D eigenvalue weighted by atomic mass is 15.1. The van der Waals surface area contributed by atoms with Crippen molar-refractivity contribution in [2.75, 3.05) is 46.8 Å². The van der Waals surface area contributed by atoms with Crippen LogP contribution < -0.4 is 10.6 Å². The van der Waals surface area contributed by atoms with Crippen molar-refractivity contribution in [3.63, 3.8) is 0 Å². The molecule has 0 bridgehead atoms. The number of hydrogen-bond acceptors (Lipinski definition) is 3. The molecule has 2 rings (SSSR count). The maximum absolute atomic E-state index is 3.72. The van der Waals surface area contributed by atoms with E-state index in [1.165, 1.54) is 71.2 Å². The number of rotatable bonds is 7. The molecule has 18 heavy (non-hydrogen) atoms. The second-order valence-electron chi connectivity index (χ2n) is 6.60. The first-order valence-electron chi connectivity index (χ1n) is 7.78. The lowest BCUT2D eigenvalue weighted by molar-refractivity contribution is 0.128. The number of likely N-dealkylation sites (tertiary alicyclic amines) is 1. The van der Waals surface area contributed by atoms with Crippen molar-refractivity contribution >= 4 is 0 Å². The lowest BCUT2D eigenvalue weighted by Gasteiger charge is -2.42. The van der Waals surface area contributed by atoms with Gasteiger partial charge >= 0.3 is 0 Å². The molecule has 0 aromatic carbocycles. The lowest BCUT2D eigenvalue weighted by atomic mass is 9.68. The summed E-state index contributed by atoms with van der Waals surface area (Å²) >= 11 is 0. The minimum atomic E-state index is 0.585. The smallest absolute Gasteiger partial charge is 0.00200 e. The second kappa shape index (κ2) is 6.88. The van der Waals surface area contributed by atoms with Gasteiger partial charge in [-0.2, -0.15) is 0 Å². The average molecular weight is 253 g/mol. The summed E-state index contributed by atoms with van der Waals surface area (Å²) in [4.78, 5) is 2.46. The summed E-state index contributed by atoms with van der Waals surface area (Å²) in [5.41, 5.74) is 0.585. The molecule has 0 aromatic rings. The van der Waals surface area contributed by atoms with Crippen molar-refractivity contribution in [2.45, 2.75) is 38.5 Å². The lowest BCUT2D eigenvalue weighted by Crippen LogP contribution is -2.46. The van der Waals surface area contributed by atoms with Crippen LogP contribution in [-0.2, 0) is 0 Å². The van der Waals surface area contributed by atoms with Crippen LogP contribution in [0.15, 0.2) is 0 Å². The molecule has 2 fully saturated rings. The molecule has 0 spiro atoms. The van der Waals surface area contributed by atoms with E-state index >= 15 is 0 Å². The maximum atomic E-state index is 3.72. The topological polar surface area (TPSA) is 27.3 Å². The van der Waals surface area contributed by atoms with Crippen molar-refractivity contribution < 1.29 is 0 Å². The Bertz CT molecular complexity index is 230. The molecule has 1 saturated heterocycles. The van der Waals surface area contributed by atoms with Gasteiger partial charge in [0.2, 0.25) is 0 Å². The zero-order valence-electron chi connectivity index (χ0n) is 12.3. The van der Waals surface area contributed by atoms with Crippen LogP contribution in [0, 0.1) is 11.3 Å². The molecule has 1 heterocycles. The number of nitrogens with one attached hydrogen (secondary N) is 2. The first-order chi connectivity index (χ1) is 8.74. The van der Waals surface area contributed by atoms with Gasteiger partial charge in [-0.3, -0.25) is 0 Å². The van der Waals surface area contributed by atoms with Gasteiger partial charge in [-0.25, -0.2) is 0 Å². The van der Waals surface area contributed by atoms with Crippen molar-refractivity contribution in [3.05, 3.63) is 0 Å². The Morgan fingerprint density at radius 1 is 1.17 bits per heavy atom. The quantitative estimate of drug-likeness (QED) is 0.676. The van der Waals surface area contributed by atoms with Crippen LogP contribution in [0.25, 0.3) is 0 Å². The van der Waals surface area contributed by atoms with E-state index in [2.05, 4.69) is 29.6 Å². The minimum Gasteiger partial charge on any atom is -0.319 e. The third kappa shape index (κ3) is 3.94. The molecule has 1 saturated carbocycles. The van der Waals surface area contributed by atoms with Gasteiger partial charge in [0.05, 0.1) is 0 Å². The summed E-state index contributed by atoms with van der Waals surface area (Å²) in [6, 6.07) is 0. The minimum absolute atomic E-state index is 0.585. The average Bonchev–Trinajstić information content (AvgIpc) is 2.33. The molecule has 1 aliphatic heterocycles. The largest absolute Gasteiger partial charge is 0.319 e. The number of hydrogen-bond donors (Lipinski definition) is 2. The molecule has 106 valence electrons.